The third-order valence-electron chi connectivity index (χ3n) is 1.61. The maximum Gasteiger partial charge on any atom is 0.254 e. The normalized spacial score (nSPS) is 9.86. The summed E-state index contributed by atoms with van der Waals surface area (Å²) in [7, 11) is 0. The van der Waals surface area contributed by atoms with Crippen LogP contribution in [-0.4, -0.2) is 22.8 Å². The Balaban J connectivity index is 2.56. The van der Waals surface area contributed by atoms with Gasteiger partial charge in [0.1, 0.15) is 0 Å². The van der Waals surface area contributed by atoms with Crippen LogP contribution in [0.1, 0.15) is 16.8 Å². The molecule has 14 heavy (non-hydrogen) atoms. The van der Waals surface area contributed by atoms with Gasteiger partial charge in [-0.1, -0.05) is 15.9 Å². The fraction of sp³-hybridized carbons (Fsp3) is 0.333. The summed E-state index contributed by atoms with van der Waals surface area (Å²) in [5, 5.41) is 3.42. The number of rotatable bonds is 4. The van der Waals surface area contributed by atoms with Gasteiger partial charge in [-0.3, -0.25) is 9.78 Å². The van der Waals surface area contributed by atoms with E-state index in [9.17, 15) is 9.18 Å². The molecule has 0 aromatic carbocycles. The molecule has 1 aromatic heterocycles. The summed E-state index contributed by atoms with van der Waals surface area (Å²) < 4.78 is 13.0. The highest BCUT2D eigenvalue weighted by Gasteiger charge is 2.09. The molecular formula is C9H10BrFN2O. The lowest BCUT2D eigenvalue weighted by Crippen LogP contribution is -2.25. The van der Waals surface area contributed by atoms with Crippen LogP contribution in [0.25, 0.3) is 0 Å². The van der Waals surface area contributed by atoms with Crippen LogP contribution in [0.2, 0.25) is 0 Å². The summed E-state index contributed by atoms with van der Waals surface area (Å²) >= 11 is 3.23. The third kappa shape index (κ3) is 3.06. The number of hydrogen-bond acceptors (Lipinski definition) is 2. The molecule has 1 amide bonds. The summed E-state index contributed by atoms with van der Waals surface area (Å²) in [5.74, 6) is -0.991. The first-order chi connectivity index (χ1) is 6.75. The summed E-state index contributed by atoms with van der Waals surface area (Å²) in [5.41, 5.74) is 0.0366. The maximum atomic E-state index is 13.0. The lowest BCUT2D eigenvalue weighted by Gasteiger charge is -2.03. The third-order valence-corrected chi connectivity index (χ3v) is 2.17. The SMILES string of the molecule is O=C(NCCCBr)c1ccncc1F. The van der Waals surface area contributed by atoms with Crippen LogP contribution in [0.15, 0.2) is 18.5 Å². The van der Waals surface area contributed by atoms with E-state index in [-0.39, 0.29) is 5.56 Å². The molecule has 0 radical (unpaired) electrons. The Bertz CT molecular complexity index is 319. The topological polar surface area (TPSA) is 42.0 Å². The van der Waals surface area contributed by atoms with E-state index in [1.54, 1.807) is 0 Å². The predicted octanol–water partition coefficient (Wildman–Crippen LogP) is 1.74. The summed E-state index contributed by atoms with van der Waals surface area (Å²) in [4.78, 5) is 14.9. The molecule has 0 atom stereocenters. The molecule has 1 N–H and O–H groups in total. The first-order valence-corrected chi connectivity index (χ1v) is 5.31. The molecule has 3 nitrogen and oxygen atoms in total. The van der Waals surface area contributed by atoms with Crippen molar-refractivity contribution in [3.05, 3.63) is 29.8 Å². The molecule has 0 saturated heterocycles. The number of halogens is 2. The Hall–Kier alpha value is -0.970. The molecule has 76 valence electrons. The number of pyridine rings is 1. The monoisotopic (exact) mass is 260 g/mol. The first-order valence-electron chi connectivity index (χ1n) is 4.19. The molecule has 0 bridgehead atoms. The second kappa shape index (κ2) is 5.70. The molecule has 1 aromatic rings. The van der Waals surface area contributed by atoms with E-state index in [4.69, 9.17) is 0 Å². The molecular weight excluding hydrogens is 251 g/mol. The van der Waals surface area contributed by atoms with E-state index in [2.05, 4.69) is 26.2 Å². The van der Waals surface area contributed by atoms with Crippen molar-refractivity contribution in [1.29, 1.82) is 0 Å². The van der Waals surface area contributed by atoms with Gasteiger partial charge in [0.25, 0.3) is 5.91 Å². The number of alkyl halides is 1. The molecule has 5 heteroatoms. The summed E-state index contributed by atoms with van der Waals surface area (Å²) in [6, 6.07) is 1.36. The predicted molar refractivity (Wildman–Crippen MR) is 54.9 cm³/mol. The minimum Gasteiger partial charge on any atom is -0.352 e. The van der Waals surface area contributed by atoms with Crippen LogP contribution >= 0.6 is 15.9 Å². The van der Waals surface area contributed by atoms with Gasteiger partial charge in [-0.15, -0.1) is 0 Å². The molecule has 0 spiro atoms. The van der Waals surface area contributed by atoms with Gasteiger partial charge in [0.15, 0.2) is 5.82 Å². The number of aromatic nitrogens is 1. The Morgan fingerprint density at radius 1 is 1.64 bits per heavy atom. The smallest absolute Gasteiger partial charge is 0.254 e. The van der Waals surface area contributed by atoms with E-state index in [1.807, 2.05) is 0 Å². The minimum absolute atomic E-state index is 0.0366. The van der Waals surface area contributed by atoms with Crippen LogP contribution < -0.4 is 5.32 Å². The number of nitrogens with one attached hydrogen (secondary N) is 1. The van der Waals surface area contributed by atoms with Crippen molar-refractivity contribution in [3.8, 4) is 0 Å². The number of nitrogens with zero attached hydrogens (tertiary/aromatic N) is 1. The zero-order chi connectivity index (χ0) is 10.4. The van der Waals surface area contributed by atoms with Gasteiger partial charge < -0.3 is 5.32 Å². The number of carbonyl (C=O) groups is 1. The Morgan fingerprint density at radius 2 is 2.43 bits per heavy atom. The van der Waals surface area contributed by atoms with Crippen molar-refractivity contribution in [1.82, 2.24) is 10.3 Å². The van der Waals surface area contributed by atoms with Gasteiger partial charge in [-0.25, -0.2) is 4.39 Å². The average molecular weight is 261 g/mol. The van der Waals surface area contributed by atoms with Gasteiger partial charge >= 0.3 is 0 Å². The summed E-state index contributed by atoms with van der Waals surface area (Å²) in [6.07, 6.45) is 3.24. The largest absolute Gasteiger partial charge is 0.352 e. The average Bonchev–Trinajstić information content (AvgIpc) is 2.18. The number of amides is 1. The molecule has 0 fully saturated rings. The highest BCUT2D eigenvalue weighted by Crippen LogP contribution is 2.03. The Kier molecular flexibility index (Phi) is 4.52. The van der Waals surface area contributed by atoms with Crippen molar-refractivity contribution < 1.29 is 9.18 Å². The van der Waals surface area contributed by atoms with E-state index in [0.29, 0.717) is 6.54 Å². The van der Waals surface area contributed by atoms with E-state index in [1.165, 1.54) is 12.3 Å². The standard InChI is InChI=1S/C9H10BrFN2O/c10-3-1-4-13-9(14)7-2-5-12-6-8(7)11/h2,5-6H,1,3-4H2,(H,13,14). The molecule has 1 rings (SSSR count). The van der Waals surface area contributed by atoms with Crippen LogP contribution in [0, 0.1) is 5.82 Å². The zero-order valence-electron chi connectivity index (χ0n) is 7.46. The highest BCUT2D eigenvalue weighted by atomic mass is 79.9. The van der Waals surface area contributed by atoms with Gasteiger partial charge in [-0.05, 0) is 12.5 Å². The van der Waals surface area contributed by atoms with Crippen molar-refractivity contribution in [3.63, 3.8) is 0 Å². The second-order valence-electron chi connectivity index (χ2n) is 2.65. The van der Waals surface area contributed by atoms with Crippen LogP contribution in [-0.2, 0) is 0 Å². The Labute approximate surface area is 89.9 Å². The van der Waals surface area contributed by atoms with Crippen molar-refractivity contribution in [2.45, 2.75) is 6.42 Å². The van der Waals surface area contributed by atoms with E-state index < -0.39 is 11.7 Å². The summed E-state index contributed by atoms with van der Waals surface area (Å²) in [6.45, 7) is 0.534. The fourth-order valence-electron chi connectivity index (χ4n) is 0.923. The van der Waals surface area contributed by atoms with Crippen molar-refractivity contribution in [2.75, 3.05) is 11.9 Å². The molecule has 0 saturated carbocycles. The molecule has 1 heterocycles. The molecule has 0 aliphatic heterocycles. The first kappa shape index (κ1) is 11.1. The quantitative estimate of drug-likeness (QED) is 0.662. The van der Waals surface area contributed by atoms with Crippen LogP contribution in [0.5, 0.6) is 0 Å². The van der Waals surface area contributed by atoms with Crippen molar-refractivity contribution in [2.24, 2.45) is 0 Å². The fourth-order valence-corrected chi connectivity index (χ4v) is 1.20. The molecule has 0 aliphatic rings. The van der Waals surface area contributed by atoms with Crippen LogP contribution in [0.3, 0.4) is 0 Å². The van der Waals surface area contributed by atoms with Crippen LogP contribution in [0.4, 0.5) is 4.39 Å². The Morgan fingerprint density at radius 3 is 3.07 bits per heavy atom. The number of carbonyl (C=O) groups excluding carboxylic acids is 1. The van der Waals surface area contributed by atoms with Gasteiger partial charge in [0.2, 0.25) is 0 Å². The zero-order valence-corrected chi connectivity index (χ0v) is 9.05. The van der Waals surface area contributed by atoms with E-state index in [0.717, 1.165) is 17.9 Å². The van der Waals surface area contributed by atoms with E-state index >= 15 is 0 Å². The lowest BCUT2D eigenvalue weighted by molar-refractivity contribution is 0.0949. The highest BCUT2D eigenvalue weighted by molar-refractivity contribution is 9.09. The lowest BCUT2D eigenvalue weighted by atomic mass is 10.2. The van der Waals surface area contributed by atoms with Gasteiger partial charge in [0, 0.05) is 18.1 Å². The van der Waals surface area contributed by atoms with Gasteiger partial charge in [0.05, 0.1) is 11.8 Å². The molecule has 0 unspecified atom stereocenters. The number of hydrogen-bond donors (Lipinski definition) is 1. The maximum absolute atomic E-state index is 13.0. The van der Waals surface area contributed by atoms with Gasteiger partial charge in [-0.2, -0.15) is 0 Å². The van der Waals surface area contributed by atoms with Crippen molar-refractivity contribution >= 4 is 21.8 Å². The second-order valence-corrected chi connectivity index (χ2v) is 3.45. The molecule has 0 aliphatic carbocycles. The minimum atomic E-state index is -0.594.